The highest BCUT2D eigenvalue weighted by molar-refractivity contribution is 6.05. The molecule has 1 heterocycles. The highest BCUT2D eigenvalue weighted by Crippen LogP contribution is 2.23. The van der Waals surface area contributed by atoms with Crippen molar-refractivity contribution in [2.24, 2.45) is 0 Å². The van der Waals surface area contributed by atoms with Crippen molar-refractivity contribution >= 4 is 17.5 Å². The summed E-state index contributed by atoms with van der Waals surface area (Å²) in [5, 5.41) is 0. The van der Waals surface area contributed by atoms with Crippen LogP contribution in [0.4, 0.5) is 0 Å². The molecule has 0 saturated heterocycles. The number of carbonyl (C=O) groups excluding carboxylic acids is 3. The molecule has 27 heavy (non-hydrogen) atoms. The second kappa shape index (κ2) is 8.20. The Labute approximate surface area is 158 Å². The van der Waals surface area contributed by atoms with Crippen LogP contribution in [0.5, 0.6) is 5.75 Å². The highest BCUT2D eigenvalue weighted by Gasteiger charge is 2.26. The summed E-state index contributed by atoms with van der Waals surface area (Å²) >= 11 is 0. The summed E-state index contributed by atoms with van der Waals surface area (Å²) in [7, 11) is 0. The number of para-hydroxylation sites is 1. The number of Topliss-reactive ketones (excluding diaryl/α,β-unsaturated/α-hetero) is 2. The Balaban J connectivity index is 2.03. The number of nitrogens with one attached hydrogen (secondary N) is 1. The predicted molar refractivity (Wildman–Crippen MR) is 102 cm³/mol. The molecular weight excluding hydrogens is 346 g/mol. The van der Waals surface area contributed by atoms with Crippen LogP contribution in [-0.2, 0) is 9.53 Å². The van der Waals surface area contributed by atoms with Gasteiger partial charge < -0.3 is 14.5 Å². The van der Waals surface area contributed by atoms with Crippen molar-refractivity contribution in [1.82, 2.24) is 4.98 Å². The minimum Gasteiger partial charge on any atom is -0.481 e. The smallest absolute Gasteiger partial charge is 0.344 e. The summed E-state index contributed by atoms with van der Waals surface area (Å²) in [6, 6.07) is 5.69. The first-order chi connectivity index (χ1) is 12.6. The zero-order valence-electron chi connectivity index (χ0n) is 16.6. The van der Waals surface area contributed by atoms with Gasteiger partial charge in [-0.3, -0.25) is 9.59 Å². The van der Waals surface area contributed by atoms with E-state index in [2.05, 4.69) is 4.98 Å². The lowest BCUT2D eigenvalue weighted by atomic mass is 10.0. The number of rotatable bonds is 7. The topological polar surface area (TPSA) is 85.5 Å². The number of hydrogen-bond donors (Lipinski definition) is 1. The molecule has 0 aliphatic carbocycles. The van der Waals surface area contributed by atoms with Crippen LogP contribution in [0.15, 0.2) is 18.2 Å². The fourth-order valence-electron chi connectivity index (χ4n) is 3.17. The molecule has 2 aromatic rings. The van der Waals surface area contributed by atoms with Gasteiger partial charge in [0, 0.05) is 11.3 Å². The maximum absolute atomic E-state index is 12.6. The number of esters is 1. The van der Waals surface area contributed by atoms with Crippen LogP contribution in [0, 0.1) is 27.7 Å². The van der Waals surface area contributed by atoms with E-state index in [-0.39, 0.29) is 23.9 Å². The summed E-state index contributed by atoms with van der Waals surface area (Å²) in [6.07, 6.45) is -0.990. The van der Waals surface area contributed by atoms with Crippen LogP contribution in [0.25, 0.3) is 0 Å². The Morgan fingerprint density at radius 3 is 2.19 bits per heavy atom. The summed E-state index contributed by atoms with van der Waals surface area (Å²) in [6.45, 7) is 9.88. The molecule has 1 aromatic heterocycles. The van der Waals surface area contributed by atoms with E-state index >= 15 is 0 Å². The first-order valence-corrected chi connectivity index (χ1v) is 8.76. The Kier molecular flexibility index (Phi) is 6.20. The van der Waals surface area contributed by atoms with Crippen molar-refractivity contribution in [3.05, 3.63) is 51.8 Å². The maximum atomic E-state index is 12.6. The second-order valence-corrected chi connectivity index (χ2v) is 6.69. The lowest BCUT2D eigenvalue weighted by Gasteiger charge is -2.14. The number of carbonyl (C=O) groups is 3. The third-order valence-electron chi connectivity index (χ3n) is 4.46. The molecule has 0 aliphatic rings. The molecule has 0 bridgehead atoms. The summed E-state index contributed by atoms with van der Waals surface area (Å²) in [5.74, 6) is -0.503. The van der Waals surface area contributed by atoms with Gasteiger partial charge in [0.15, 0.2) is 18.5 Å². The quantitative estimate of drug-likeness (QED) is 0.593. The number of ether oxygens (including phenoxy) is 2. The van der Waals surface area contributed by atoms with Gasteiger partial charge in [0.1, 0.15) is 5.75 Å². The van der Waals surface area contributed by atoms with Crippen LogP contribution in [0.3, 0.4) is 0 Å². The Morgan fingerprint density at radius 1 is 1.07 bits per heavy atom. The largest absolute Gasteiger partial charge is 0.481 e. The Bertz CT molecular complexity index is 874. The van der Waals surface area contributed by atoms with Gasteiger partial charge in [0.2, 0.25) is 5.78 Å². The molecule has 6 heteroatoms. The van der Waals surface area contributed by atoms with Gasteiger partial charge in [-0.25, -0.2) is 4.79 Å². The monoisotopic (exact) mass is 371 g/mol. The summed E-state index contributed by atoms with van der Waals surface area (Å²) in [5.41, 5.74) is 3.81. The minimum absolute atomic E-state index is 0.119. The molecule has 1 aromatic carbocycles. The van der Waals surface area contributed by atoms with Crippen molar-refractivity contribution in [3.8, 4) is 5.75 Å². The molecule has 0 fully saturated rings. The molecule has 1 atom stereocenters. The molecule has 0 amide bonds. The zero-order chi connectivity index (χ0) is 20.3. The van der Waals surface area contributed by atoms with Crippen LogP contribution in [0.1, 0.15) is 57.1 Å². The first-order valence-electron chi connectivity index (χ1n) is 8.76. The van der Waals surface area contributed by atoms with E-state index in [9.17, 15) is 14.4 Å². The molecule has 0 aliphatic heterocycles. The third kappa shape index (κ3) is 4.45. The lowest BCUT2D eigenvalue weighted by molar-refractivity contribution is -0.148. The first kappa shape index (κ1) is 20.4. The normalized spacial score (nSPS) is 11.8. The lowest BCUT2D eigenvalue weighted by Crippen LogP contribution is -2.28. The zero-order valence-corrected chi connectivity index (χ0v) is 16.6. The average Bonchev–Trinajstić information content (AvgIpc) is 2.88. The SMILES string of the molecule is CC(=O)c1c(C)[nH]c(C(=O)[C@H](C)OC(=O)COc2c(C)cccc2C)c1C. The predicted octanol–water partition coefficient (Wildman–Crippen LogP) is 3.64. The summed E-state index contributed by atoms with van der Waals surface area (Å²) < 4.78 is 10.8. The number of H-pyrrole nitrogens is 1. The van der Waals surface area contributed by atoms with Gasteiger partial charge >= 0.3 is 5.97 Å². The van der Waals surface area contributed by atoms with Crippen LogP contribution in [0.2, 0.25) is 0 Å². The van der Waals surface area contributed by atoms with E-state index in [4.69, 9.17) is 9.47 Å². The highest BCUT2D eigenvalue weighted by atomic mass is 16.6. The van der Waals surface area contributed by atoms with Crippen molar-refractivity contribution < 1.29 is 23.9 Å². The van der Waals surface area contributed by atoms with Crippen molar-refractivity contribution in [1.29, 1.82) is 0 Å². The molecule has 0 saturated carbocycles. The van der Waals surface area contributed by atoms with Gasteiger partial charge in [0.05, 0.1) is 5.69 Å². The number of aryl methyl sites for hydroxylation is 3. The van der Waals surface area contributed by atoms with Crippen molar-refractivity contribution in [3.63, 3.8) is 0 Å². The van der Waals surface area contributed by atoms with E-state index in [1.165, 1.54) is 13.8 Å². The van der Waals surface area contributed by atoms with Gasteiger partial charge in [-0.15, -0.1) is 0 Å². The molecule has 1 N–H and O–H groups in total. The third-order valence-corrected chi connectivity index (χ3v) is 4.46. The van der Waals surface area contributed by atoms with E-state index in [0.717, 1.165) is 11.1 Å². The van der Waals surface area contributed by atoms with Crippen LogP contribution < -0.4 is 4.74 Å². The van der Waals surface area contributed by atoms with E-state index in [1.807, 2.05) is 32.0 Å². The molecule has 6 nitrogen and oxygen atoms in total. The van der Waals surface area contributed by atoms with Crippen molar-refractivity contribution in [2.45, 2.75) is 47.6 Å². The van der Waals surface area contributed by atoms with Crippen LogP contribution in [-0.4, -0.2) is 35.2 Å². The molecular formula is C21H25NO5. The molecule has 144 valence electrons. The standard InChI is InChI=1S/C21H25NO5/c1-11-8-7-9-12(2)21(11)26-10-17(24)27-16(6)20(25)19-13(3)18(15(5)23)14(4)22-19/h7-9,16,22H,10H2,1-6H3/t16-/m0/s1. The molecule has 0 unspecified atom stereocenters. The fourth-order valence-corrected chi connectivity index (χ4v) is 3.17. The number of hydrogen-bond acceptors (Lipinski definition) is 5. The minimum atomic E-state index is -0.990. The Morgan fingerprint density at radius 2 is 1.67 bits per heavy atom. The van der Waals surface area contributed by atoms with Gasteiger partial charge in [0.25, 0.3) is 0 Å². The molecule has 0 spiro atoms. The van der Waals surface area contributed by atoms with Crippen molar-refractivity contribution in [2.75, 3.05) is 6.61 Å². The fraction of sp³-hybridized carbons (Fsp3) is 0.381. The molecule has 2 rings (SSSR count). The van der Waals surface area contributed by atoms with E-state index < -0.39 is 12.1 Å². The van der Waals surface area contributed by atoms with E-state index in [0.29, 0.717) is 22.6 Å². The maximum Gasteiger partial charge on any atom is 0.344 e. The van der Waals surface area contributed by atoms with Gasteiger partial charge in [-0.2, -0.15) is 0 Å². The Hall–Kier alpha value is -2.89. The second-order valence-electron chi connectivity index (χ2n) is 6.69. The number of aromatic nitrogens is 1. The van der Waals surface area contributed by atoms with Gasteiger partial charge in [-0.1, -0.05) is 18.2 Å². The molecule has 0 radical (unpaired) electrons. The number of aromatic amines is 1. The summed E-state index contributed by atoms with van der Waals surface area (Å²) in [4.78, 5) is 39.3. The average molecular weight is 371 g/mol. The number of benzene rings is 1. The van der Waals surface area contributed by atoms with E-state index in [1.54, 1.807) is 13.8 Å². The van der Waals surface area contributed by atoms with Gasteiger partial charge in [-0.05, 0) is 58.2 Å². The van der Waals surface area contributed by atoms with Crippen LogP contribution >= 0.6 is 0 Å². The number of ketones is 2.